The second-order valence-electron chi connectivity index (χ2n) is 8.62. The smallest absolute Gasteiger partial charge is 0.313 e. The first-order valence-corrected chi connectivity index (χ1v) is 12.6. The number of carboxylic acids is 1. The zero-order valence-electron chi connectivity index (χ0n) is 23.8. The average Bonchev–Trinajstić information content (AvgIpc) is 3.73. The van der Waals surface area contributed by atoms with Crippen molar-refractivity contribution in [2.75, 3.05) is 13.7 Å². The molecule has 0 amide bonds. The van der Waals surface area contributed by atoms with E-state index in [1.54, 1.807) is 20.0 Å². The highest BCUT2D eigenvalue weighted by atomic mass is 16.5. The number of aromatic nitrogens is 8. The van der Waals surface area contributed by atoms with Crippen molar-refractivity contribution in [1.29, 1.82) is 0 Å². The SMILES string of the molecule is COC(=O)CC(=O)c1cnc(C)[nH]1.Cc1ncc(CCC(=O)O)[nH]1.Cc1ncc(CCCO)[nH]1.Cc1ncc(O)[nH]1. The summed E-state index contributed by atoms with van der Waals surface area (Å²) in [6.45, 7) is 7.51. The molecule has 224 valence electrons. The molecular formula is C26H38N8O7. The standard InChI is InChI=1S/C8H10N2O3.C7H10N2O2.C7H12N2O.C4H6N2O/c1-5-9-4-6(10-5)7(11)3-8(12)13-2;1-5-8-4-6(9-5)2-3-7(10)11;1-6-8-5-7(9-6)3-2-4-10;1-3-5-2-4(7)6-3/h4H,3H2,1-2H3,(H,9,10);4H,2-3H2,1H3,(H,8,9)(H,10,11);5,10H,2-4H2,1H3,(H,8,9);2,7H,1H3,(H,5,6). The van der Waals surface area contributed by atoms with E-state index in [9.17, 15) is 14.4 Å². The molecule has 41 heavy (non-hydrogen) atoms. The Morgan fingerprint density at radius 2 is 1.29 bits per heavy atom. The lowest BCUT2D eigenvalue weighted by molar-refractivity contribution is -0.139. The van der Waals surface area contributed by atoms with E-state index in [1.165, 1.54) is 19.5 Å². The summed E-state index contributed by atoms with van der Waals surface area (Å²) in [6.07, 6.45) is 8.37. The van der Waals surface area contributed by atoms with E-state index in [0.717, 1.165) is 41.7 Å². The lowest BCUT2D eigenvalue weighted by Gasteiger charge is -1.95. The number of aryl methyl sites for hydroxylation is 6. The summed E-state index contributed by atoms with van der Waals surface area (Å²) in [5.74, 6) is 1.63. The van der Waals surface area contributed by atoms with E-state index in [0.29, 0.717) is 17.9 Å². The number of methoxy groups -OCH3 is 1. The highest BCUT2D eigenvalue weighted by molar-refractivity contribution is 6.04. The number of ether oxygens (including phenoxy) is 1. The molecule has 0 unspecified atom stereocenters. The number of aliphatic carboxylic acids is 1. The summed E-state index contributed by atoms with van der Waals surface area (Å²) in [5.41, 5.74) is 2.32. The van der Waals surface area contributed by atoms with Crippen molar-refractivity contribution in [3.63, 3.8) is 0 Å². The number of nitrogens with zero attached hydrogens (tertiary/aromatic N) is 4. The number of aliphatic hydroxyl groups excluding tert-OH is 1. The molecule has 0 radical (unpaired) electrons. The number of ketones is 1. The molecule has 0 aliphatic heterocycles. The number of carboxylic acid groups (broad SMARTS) is 1. The van der Waals surface area contributed by atoms with E-state index in [4.69, 9.17) is 15.3 Å². The van der Waals surface area contributed by atoms with Gasteiger partial charge in [-0.1, -0.05) is 0 Å². The lowest BCUT2D eigenvalue weighted by Crippen LogP contribution is -2.09. The molecule has 4 rings (SSSR count). The zero-order valence-corrected chi connectivity index (χ0v) is 23.8. The van der Waals surface area contributed by atoms with Crippen LogP contribution in [0.15, 0.2) is 24.8 Å². The van der Waals surface area contributed by atoms with Crippen molar-refractivity contribution in [3.8, 4) is 5.88 Å². The summed E-state index contributed by atoms with van der Waals surface area (Å²) in [7, 11) is 1.24. The number of aliphatic hydroxyl groups is 1. The van der Waals surface area contributed by atoms with Crippen LogP contribution in [0.2, 0.25) is 0 Å². The second kappa shape index (κ2) is 18.5. The number of carbonyl (C=O) groups is 3. The fourth-order valence-electron chi connectivity index (χ4n) is 2.98. The molecule has 4 aromatic rings. The van der Waals surface area contributed by atoms with Crippen LogP contribution in [0.4, 0.5) is 0 Å². The van der Waals surface area contributed by atoms with Gasteiger partial charge in [-0.3, -0.25) is 14.4 Å². The van der Waals surface area contributed by atoms with Gasteiger partial charge in [-0.2, -0.15) is 0 Å². The third kappa shape index (κ3) is 15.4. The largest absolute Gasteiger partial charge is 0.493 e. The van der Waals surface area contributed by atoms with Gasteiger partial charge in [0.15, 0.2) is 5.78 Å². The first kappa shape index (κ1) is 34.2. The van der Waals surface area contributed by atoms with Gasteiger partial charge in [0, 0.05) is 30.4 Å². The molecule has 15 heteroatoms. The van der Waals surface area contributed by atoms with Gasteiger partial charge in [0.25, 0.3) is 0 Å². The van der Waals surface area contributed by atoms with Crippen LogP contribution in [0.25, 0.3) is 0 Å². The van der Waals surface area contributed by atoms with Crippen LogP contribution in [0.1, 0.15) is 64.4 Å². The minimum absolute atomic E-state index is 0.123. The Labute approximate surface area is 236 Å². The molecule has 0 atom stereocenters. The monoisotopic (exact) mass is 574 g/mol. The maximum absolute atomic E-state index is 11.3. The minimum Gasteiger partial charge on any atom is -0.493 e. The van der Waals surface area contributed by atoms with Gasteiger partial charge in [-0.15, -0.1) is 0 Å². The molecule has 0 spiro atoms. The number of hydrogen-bond donors (Lipinski definition) is 7. The molecular weight excluding hydrogens is 536 g/mol. The Hall–Kier alpha value is -4.79. The predicted octanol–water partition coefficient (Wildman–Crippen LogP) is 2.27. The van der Waals surface area contributed by atoms with Crippen LogP contribution >= 0.6 is 0 Å². The van der Waals surface area contributed by atoms with Crippen molar-refractivity contribution in [3.05, 3.63) is 65.2 Å². The molecule has 4 aromatic heterocycles. The molecule has 0 aromatic carbocycles. The van der Waals surface area contributed by atoms with Crippen molar-refractivity contribution < 1.29 is 34.4 Å². The van der Waals surface area contributed by atoms with Crippen molar-refractivity contribution >= 4 is 17.7 Å². The number of Topliss-reactive ketones (excluding diaryl/α,β-unsaturated/α-hetero) is 1. The maximum Gasteiger partial charge on any atom is 0.313 e. The van der Waals surface area contributed by atoms with E-state index in [-0.39, 0.29) is 31.1 Å². The Bertz CT molecular complexity index is 1320. The molecule has 0 fully saturated rings. The Morgan fingerprint density at radius 1 is 0.780 bits per heavy atom. The number of aromatic hydroxyl groups is 1. The summed E-state index contributed by atoms with van der Waals surface area (Å²) < 4.78 is 4.36. The summed E-state index contributed by atoms with van der Waals surface area (Å²) in [4.78, 5) is 59.0. The van der Waals surface area contributed by atoms with Crippen LogP contribution in [-0.4, -0.2) is 86.6 Å². The third-order valence-corrected chi connectivity index (χ3v) is 4.95. The Kier molecular flexibility index (Phi) is 15.4. The van der Waals surface area contributed by atoms with E-state index < -0.39 is 11.9 Å². The number of aromatic amines is 4. The fraction of sp³-hybridized carbons (Fsp3) is 0.423. The topological polar surface area (TPSA) is 236 Å². The molecule has 0 aliphatic rings. The van der Waals surface area contributed by atoms with Crippen molar-refractivity contribution in [2.45, 2.75) is 59.8 Å². The minimum atomic E-state index is -0.780. The average molecular weight is 575 g/mol. The van der Waals surface area contributed by atoms with E-state index >= 15 is 0 Å². The summed E-state index contributed by atoms with van der Waals surface area (Å²) >= 11 is 0. The van der Waals surface area contributed by atoms with Gasteiger partial charge in [0.05, 0.1) is 25.9 Å². The molecule has 0 saturated carbocycles. The molecule has 0 saturated heterocycles. The summed E-state index contributed by atoms with van der Waals surface area (Å²) in [6, 6.07) is 0. The normalized spacial score (nSPS) is 9.80. The summed E-state index contributed by atoms with van der Waals surface area (Å²) in [5, 5.41) is 25.4. The van der Waals surface area contributed by atoms with Gasteiger partial charge >= 0.3 is 11.9 Å². The number of nitrogens with one attached hydrogen (secondary N) is 4. The quantitative estimate of drug-likeness (QED) is 0.0869. The first-order chi connectivity index (χ1) is 19.4. The van der Waals surface area contributed by atoms with Crippen molar-refractivity contribution in [1.82, 2.24) is 39.9 Å². The number of hydrogen-bond acceptors (Lipinski definition) is 10. The highest BCUT2D eigenvalue weighted by Crippen LogP contribution is 2.02. The van der Waals surface area contributed by atoms with Crippen LogP contribution < -0.4 is 0 Å². The van der Waals surface area contributed by atoms with Gasteiger partial charge in [-0.05, 0) is 47.0 Å². The van der Waals surface area contributed by atoms with Crippen molar-refractivity contribution in [2.24, 2.45) is 0 Å². The lowest BCUT2D eigenvalue weighted by atomic mass is 10.2. The zero-order chi connectivity index (χ0) is 30.8. The highest BCUT2D eigenvalue weighted by Gasteiger charge is 2.13. The van der Waals surface area contributed by atoms with Gasteiger partial charge in [-0.25, -0.2) is 19.9 Å². The molecule has 4 heterocycles. The van der Waals surface area contributed by atoms with E-state index in [1.807, 2.05) is 20.0 Å². The molecule has 7 N–H and O–H groups in total. The number of imidazole rings is 4. The first-order valence-electron chi connectivity index (χ1n) is 12.6. The van der Waals surface area contributed by atoms with Gasteiger partial charge in [0.2, 0.25) is 5.88 Å². The molecule has 15 nitrogen and oxygen atoms in total. The fourth-order valence-corrected chi connectivity index (χ4v) is 2.98. The number of H-pyrrole nitrogens is 4. The molecule has 0 bridgehead atoms. The van der Waals surface area contributed by atoms with Crippen LogP contribution in [0.3, 0.4) is 0 Å². The third-order valence-electron chi connectivity index (χ3n) is 4.95. The van der Waals surface area contributed by atoms with E-state index in [2.05, 4.69) is 44.6 Å². The number of rotatable bonds is 9. The second-order valence-corrected chi connectivity index (χ2v) is 8.62. The van der Waals surface area contributed by atoms with Crippen LogP contribution in [0, 0.1) is 27.7 Å². The number of esters is 1. The van der Waals surface area contributed by atoms with Crippen LogP contribution in [-0.2, 0) is 27.2 Å². The Morgan fingerprint density at radius 3 is 1.66 bits per heavy atom. The Balaban J connectivity index is 0.000000279. The van der Waals surface area contributed by atoms with Gasteiger partial charge < -0.3 is 40.0 Å². The maximum atomic E-state index is 11.3. The van der Waals surface area contributed by atoms with Gasteiger partial charge in [0.1, 0.15) is 35.4 Å². The van der Waals surface area contributed by atoms with Crippen LogP contribution in [0.5, 0.6) is 5.88 Å². The predicted molar refractivity (Wildman–Crippen MR) is 147 cm³/mol. The molecule has 0 aliphatic carbocycles. The number of carbonyl (C=O) groups excluding carboxylic acids is 2.